The first kappa shape index (κ1) is 21.6. The van der Waals surface area contributed by atoms with E-state index in [1.54, 1.807) is 26.4 Å². The van der Waals surface area contributed by atoms with Gasteiger partial charge in [0, 0.05) is 57.5 Å². The molecule has 2 aromatic rings. The highest BCUT2D eigenvalue weighted by Crippen LogP contribution is 2.30. The van der Waals surface area contributed by atoms with E-state index in [4.69, 9.17) is 5.73 Å². The molecule has 3 heterocycles. The lowest BCUT2D eigenvalue weighted by atomic mass is 9.96. The molecule has 0 aromatic carbocycles. The van der Waals surface area contributed by atoms with Crippen molar-refractivity contribution < 1.29 is 18.0 Å². The van der Waals surface area contributed by atoms with Gasteiger partial charge < -0.3 is 20.9 Å². The van der Waals surface area contributed by atoms with Gasteiger partial charge in [-0.25, -0.2) is 9.97 Å². The van der Waals surface area contributed by atoms with Crippen LogP contribution in [-0.4, -0.2) is 48.0 Å². The van der Waals surface area contributed by atoms with E-state index in [1.165, 1.54) is 4.90 Å². The normalized spacial score (nSPS) is 15.2. The lowest BCUT2D eigenvalue weighted by Gasteiger charge is -2.32. The number of carbonyl (C=O) groups is 1. The Morgan fingerprint density at radius 1 is 1.30 bits per heavy atom. The van der Waals surface area contributed by atoms with Crippen LogP contribution < -0.4 is 20.9 Å². The molecule has 0 unspecified atom stereocenters. The number of amides is 1. The van der Waals surface area contributed by atoms with Crippen LogP contribution in [0.1, 0.15) is 24.1 Å². The molecule has 1 aliphatic heterocycles. The summed E-state index contributed by atoms with van der Waals surface area (Å²) >= 11 is 0. The molecule has 0 spiro atoms. The maximum atomic E-state index is 13.2. The first-order valence-corrected chi connectivity index (χ1v) is 9.51. The predicted octanol–water partition coefficient (Wildman–Crippen LogP) is 2.27. The number of alkyl halides is 3. The molecule has 0 aliphatic carbocycles. The zero-order chi connectivity index (χ0) is 21.9. The minimum atomic E-state index is -4.58. The molecular weight excluding hydrogens is 399 g/mol. The van der Waals surface area contributed by atoms with Crippen LogP contribution in [0.15, 0.2) is 24.4 Å². The van der Waals surface area contributed by atoms with Crippen molar-refractivity contribution >= 4 is 23.5 Å². The summed E-state index contributed by atoms with van der Waals surface area (Å²) in [4.78, 5) is 27.1. The third kappa shape index (κ3) is 5.08. The van der Waals surface area contributed by atoms with Crippen molar-refractivity contribution in [3.63, 3.8) is 0 Å². The van der Waals surface area contributed by atoms with E-state index in [2.05, 4.69) is 25.2 Å². The Kier molecular flexibility index (Phi) is 6.28. The number of hydrogen-bond donors (Lipinski definition) is 2. The Morgan fingerprint density at radius 2 is 2.00 bits per heavy atom. The molecule has 162 valence electrons. The average molecular weight is 423 g/mol. The van der Waals surface area contributed by atoms with Crippen LogP contribution in [0.5, 0.6) is 0 Å². The quantitative estimate of drug-likeness (QED) is 0.735. The summed E-state index contributed by atoms with van der Waals surface area (Å²) in [5.74, 6) is 0.314. The molecule has 11 heteroatoms. The Hall–Kier alpha value is -3.11. The number of pyridine rings is 1. The fourth-order valence-electron chi connectivity index (χ4n) is 3.29. The van der Waals surface area contributed by atoms with Gasteiger partial charge in [-0.3, -0.25) is 4.79 Å². The average Bonchev–Trinajstić information content (AvgIpc) is 2.71. The first-order valence-electron chi connectivity index (χ1n) is 9.51. The van der Waals surface area contributed by atoms with Crippen LogP contribution in [0.3, 0.4) is 0 Å². The molecule has 1 fully saturated rings. The highest BCUT2D eigenvalue weighted by atomic mass is 19.4. The molecule has 30 heavy (non-hydrogen) atoms. The van der Waals surface area contributed by atoms with Crippen LogP contribution in [0.2, 0.25) is 0 Å². The smallest absolute Gasteiger partial charge is 0.369 e. The summed E-state index contributed by atoms with van der Waals surface area (Å²) in [5, 5.41) is 2.89. The van der Waals surface area contributed by atoms with Gasteiger partial charge in [0.2, 0.25) is 11.9 Å². The molecule has 0 bridgehead atoms. The highest BCUT2D eigenvalue weighted by Gasteiger charge is 2.34. The van der Waals surface area contributed by atoms with Crippen molar-refractivity contribution in [2.45, 2.75) is 25.6 Å². The van der Waals surface area contributed by atoms with Crippen molar-refractivity contribution in [1.82, 2.24) is 15.0 Å². The molecule has 3 N–H and O–H groups in total. The molecule has 2 aromatic heterocycles. The van der Waals surface area contributed by atoms with Crippen LogP contribution in [-0.2, 0) is 17.5 Å². The lowest BCUT2D eigenvalue weighted by molar-refractivity contribution is -0.141. The first-order chi connectivity index (χ1) is 14.1. The largest absolute Gasteiger partial charge is 0.433 e. The third-order valence-electron chi connectivity index (χ3n) is 4.96. The molecule has 1 aliphatic rings. The minimum absolute atomic E-state index is 0.115. The summed E-state index contributed by atoms with van der Waals surface area (Å²) in [5.41, 5.74) is 5.17. The number of nitrogens with one attached hydrogen (secondary N) is 1. The van der Waals surface area contributed by atoms with Crippen molar-refractivity contribution in [1.29, 1.82) is 0 Å². The van der Waals surface area contributed by atoms with E-state index >= 15 is 0 Å². The number of piperidine rings is 1. The molecule has 0 atom stereocenters. The van der Waals surface area contributed by atoms with Gasteiger partial charge in [-0.1, -0.05) is 6.07 Å². The summed E-state index contributed by atoms with van der Waals surface area (Å²) in [6.45, 7) is 1.46. The van der Waals surface area contributed by atoms with E-state index in [9.17, 15) is 18.0 Å². The maximum Gasteiger partial charge on any atom is 0.433 e. The molecule has 8 nitrogen and oxygen atoms in total. The van der Waals surface area contributed by atoms with Gasteiger partial charge >= 0.3 is 6.18 Å². The number of aromatic nitrogens is 3. The fraction of sp³-hybridized carbons (Fsp3) is 0.474. The second-order valence-corrected chi connectivity index (χ2v) is 7.33. The van der Waals surface area contributed by atoms with Crippen molar-refractivity contribution in [2.24, 2.45) is 11.7 Å². The van der Waals surface area contributed by atoms with Gasteiger partial charge in [0.15, 0.2) is 5.69 Å². The van der Waals surface area contributed by atoms with Gasteiger partial charge in [0.1, 0.15) is 11.6 Å². The Bertz CT molecular complexity index is 896. The Labute approximate surface area is 172 Å². The van der Waals surface area contributed by atoms with Gasteiger partial charge in [0.05, 0.1) is 0 Å². The number of nitrogens with zero attached hydrogens (tertiary/aromatic N) is 5. The second-order valence-electron chi connectivity index (χ2n) is 7.33. The number of carbonyl (C=O) groups excluding carboxylic acids is 1. The minimum Gasteiger partial charge on any atom is -0.369 e. The summed E-state index contributed by atoms with van der Waals surface area (Å²) in [6, 6.07) is 4.51. The monoisotopic (exact) mass is 423 g/mol. The molecule has 1 amide bonds. The van der Waals surface area contributed by atoms with E-state index in [1.807, 2.05) is 6.07 Å². The second kappa shape index (κ2) is 8.72. The van der Waals surface area contributed by atoms with Gasteiger partial charge in [-0.2, -0.15) is 18.2 Å². The number of rotatable bonds is 6. The molecular formula is C19H24F3N7O. The summed E-state index contributed by atoms with van der Waals surface area (Å²) in [7, 11) is 3.22. The van der Waals surface area contributed by atoms with Crippen molar-refractivity contribution in [2.75, 3.05) is 42.3 Å². The van der Waals surface area contributed by atoms with E-state index in [0.717, 1.165) is 11.6 Å². The van der Waals surface area contributed by atoms with Crippen molar-refractivity contribution in [3.8, 4) is 0 Å². The van der Waals surface area contributed by atoms with Gasteiger partial charge in [-0.15, -0.1) is 0 Å². The van der Waals surface area contributed by atoms with Crippen LogP contribution in [0.25, 0.3) is 0 Å². The van der Waals surface area contributed by atoms with Crippen LogP contribution >= 0.6 is 0 Å². The Morgan fingerprint density at radius 3 is 2.60 bits per heavy atom. The number of hydrogen-bond acceptors (Lipinski definition) is 7. The third-order valence-corrected chi connectivity index (χ3v) is 4.96. The van der Waals surface area contributed by atoms with E-state index in [0.29, 0.717) is 31.7 Å². The Balaban J connectivity index is 1.77. The number of nitrogens with two attached hydrogens (primary N) is 1. The number of primary amides is 1. The molecule has 1 saturated heterocycles. The zero-order valence-electron chi connectivity index (χ0n) is 16.8. The highest BCUT2D eigenvalue weighted by molar-refractivity contribution is 5.77. The fourth-order valence-corrected chi connectivity index (χ4v) is 3.29. The van der Waals surface area contributed by atoms with Crippen LogP contribution in [0, 0.1) is 5.92 Å². The molecule has 0 saturated carbocycles. The standard InChI is InChI=1S/C19H24F3N7O/c1-28(2)15-10-14(19(20,21)22)26-18(27-15)25-11-13-4-3-7-24-17(13)29-8-5-12(6-9-29)16(23)30/h3-4,7,10,12H,5-6,8-9,11H2,1-2H3,(H2,23,30)(H,25,26,27). The molecule has 0 radical (unpaired) electrons. The summed E-state index contributed by atoms with van der Waals surface area (Å²) < 4.78 is 39.6. The lowest BCUT2D eigenvalue weighted by Crippen LogP contribution is -2.39. The van der Waals surface area contributed by atoms with E-state index < -0.39 is 11.9 Å². The van der Waals surface area contributed by atoms with E-state index in [-0.39, 0.29) is 30.1 Å². The topological polar surface area (TPSA) is 100 Å². The van der Waals surface area contributed by atoms with Gasteiger partial charge in [0.25, 0.3) is 0 Å². The summed E-state index contributed by atoms with van der Waals surface area (Å²) in [6.07, 6.45) is -1.64. The maximum absolute atomic E-state index is 13.2. The van der Waals surface area contributed by atoms with Crippen LogP contribution in [0.4, 0.5) is 30.8 Å². The SMILES string of the molecule is CN(C)c1cc(C(F)(F)F)nc(NCc2cccnc2N2CCC(C(N)=O)CC2)n1. The molecule has 3 rings (SSSR count). The zero-order valence-corrected chi connectivity index (χ0v) is 16.8. The van der Waals surface area contributed by atoms with Crippen molar-refractivity contribution in [3.05, 3.63) is 35.7 Å². The number of halogens is 3. The van der Waals surface area contributed by atoms with Gasteiger partial charge in [-0.05, 0) is 18.9 Å². The predicted molar refractivity (Wildman–Crippen MR) is 107 cm³/mol. The number of anilines is 3.